The maximum absolute atomic E-state index is 11.9. The molecule has 1 amide bonds. The second kappa shape index (κ2) is 12.2. The SMILES string of the molecule is CC.CCC(CC)CCNCC(=O)N1CCC(CO)C1. The van der Waals surface area contributed by atoms with Crippen LogP contribution in [-0.4, -0.2) is 48.7 Å². The Morgan fingerprint density at radius 1 is 1.35 bits per heavy atom. The van der Waals surface area contributed by atoms with Gasteiger partial charge >= 0.3 is 0 Å². The van der Waals surface area contributed by atoms with E-state index in [0.29, 0.717) is 12.5 Å². The number of aliphatic hydroxyl groups excluding tert-OH is 1. The molecule has 0 saturated carbocycles. The van der Waals surface area contributed by atoms with Gasteiger partial charge in [0.25, 0.3) is 0 Å². The van der Waals surface area contributed by atoms with Crippen molar-refractivity contribution in [3.63, 3.8) is 0 Å². The largest absolute Gasteiger partial charge is 0.396 e. The fourth-order valence-electron chi connectivity index (χ4n) is 2.52. The lowest BCUT2D eigenvalue weighted by Crippen LogP contribution is -2.37. The van der Waals surface area contributed by atoms with Gasteiger partial charge in [0.05, 0.1) is 6.54 Å². The lowest BCUT2D eigenvalue weighted by atomic mass is 10.00. The zero-order chi connectivity index (χ0) is 15.4. The third-order valence-electron chi connectivity index (χ3n) is 4.06. The number of rotatable bonds is 8. The van der Waals surface area contributed by atoms with Crippen molar-refractivity contribution >= 4 is 5.91 Å². The summed E-state index contributed by atoms with van der Waals surface area (Å²) in [5.41, 5.74) is 0. The molecule has 1 saturated heterocycles. The molecule has 0 spiro atoms. The minimum Gasteiger partial charge on any atom is -0.396 e. The topological polar surface area (TPSA) is 52.6 Å². The molecule has 20 heavy (non-hydrogen) atoms. The molecule has 0 aromatic rings. The Morgan fingerprint density at radius 2 is 2.00 bits per heavy atom. The van der Waals surface area contributed by atoms with Crippen LogP contribution in [0.4, 0.5) is 0 Å². The number of aliphatic hydroxyl groups is 1. The van der Waals surface area contributed by atoms with Gasteiger partial charge in [-0.3, -0.25) is 4.79 Å². The highest BCUT2D eigenvalue weighted by molar-refractivity contribution is 5.78. The Morgan fingerprint density at radius 3 is 2.50 bits per heavy atom. The quantitative estimate of drug-likeness (QED) is 0.673. The zero-order valence-electron chi connectivity index (χ0n) is 13.8. The predicted octanol–water partition coefficient (Wildman–Crippen LogP) is 2.27. The van der Waals surface area contributed by atoms with Gasteiger partial charge in [-0.05, 0) is 25.3 Å². The van der Waals surface area contributed by atoms with Gasteiger partial charge < -0.3 is 15.3 Å². The molecule has 1 unspecified atom stereocenters. The highest BCUT2D eigenvalue weighted by Crippen LogP contribution is 2.15. The van der Waals surface area contributed by atoms with Crippen LogP contribution in [-0.2, 0) is 4.79 Å². The molecule has 1 atom stereocenters. The molecule has 0 radical (unpaired) electrons. The number of carbonyl (C=O) groups excluding carboxylic acids is 1. The van der Waals surface area contributed by atoms with Gasteiger partial charge in [0.2, 0.25) is 5.91 Å². The van der Waals surface area contributed by atoms with Gasteiger partial charge in [0, 0.05) is 25.6 Å². The third kappa shape index (κ3) is 7.25. The fourth-order valence-corrected chi connectivity index (χ4v) is 2.52. The van der Waals surface area contributed by atoms with Crippen molar-refractivity contribution in [2.75, 3.05) is 32.8 Å². The molecule has 2 N–H and O–H groups in total. The average molecular weight is 286 g/mol. The number of nitrogens with one attached hydrogen (secondary N) is 1. The van der Waals surface area contributed by atoms with Crippen molar-refractivity contribution in [1.29, 1.82) is 0 Å². The number of amides is 1. The molecule has 0 aromatic heterocycles. The van der Waals surface area contributed by atoms with Crippen molar-refractivity contribution in [2.45, 2.75) is 53.4 Å². The summed E-state index contributed by atoms with van der Waals surface area (Å²) in [6.07, 6.45) is 4.53. The maximum atomic E-state index is 11.9. The van der Waals surface area contributed by atoms with Crippen LogP contribution < -0.4 is 5.32 Å². The molecule has 1 aliphatic rings. The second-order valence-corrected chi connectivity index (χ2v) is 5.33. The Kier molecular flexibility index (Phi) is 11.8. The van der Waals surface area contributed by atoms with Crippen LogP contribution in [0.3, 0.4) is 0 Å². The van der Waals surface area contributed by atoms with Gasteiger partial charge in [-0.15, -0.1) is 0 Å². The van der Waals surface area contributed by atoms with E-state index in [1.54, 1.807) is 0 Å². The highest BCUT2D eigenvalue weighted by Gasteiger charge is 2.24. The lowest BCUT2D eigenvalue weighted by Gasteiger charge is -2.17. The standard InChI is InChI=1S/C14H28N2O2.C2H6/c1-3-12(4-2)5-7-15-9-14(18)16-8-6-13(10-16)11-17;1-2/h12-13,15,17H,3-11H2,1-2H3;1-2H3. The van der Waals surface area contributed by atoms with Crippen LogP contribution in [0, 0.1) is 11.8 Å². The smallest absolute Gasteiger partial charge is 0.236 e. The number of nitrogens with zero attached hydrogens (tertiary/aromatic N) is 1. The van der Waals surface area contributed by atoms with Crippen LogP contribution in [0.25, 0.3) is 0 Å². The lowest BCUT2D eigenvalue weighted by molar-refractivity contribution is -0.129. The number of hydrogen-bond donors (Lipinski definition) is 2. The van der Waals surface area contributed by atoms with E-state index in [2.05, 4.69) is 19.2 Å². The Bertz CT molecular complexity index is 243. The summed E-state index contributed by atoms with van der Waals surface area (Å²) in [6, 6.07) is 0. The molecule has 120 valence electrons. The van der Waals surface area contributed by atoms with Crippen LogP contribution in [0.5, 0.6) is 0 Å². The van der Waals surface area contributed by atoms with Crippen molar-refractivity contribution in [2.24, 2.45) is 11.8 Å². The van der Waals surface area contributed by atoms with Crippen molar-refractivity contribution < 1.29 is 9.90 Å². The Labute approximate surface area is 124 Å². The first-order valence-electron chi connectivity index (χ1n) is 8.30. The van der Waals surface area contributed by atoms with Crippen LogP contribution in [0.15, 0.2) is 0 Å². The average Bonchev–Trinajstić information content (AvgIpc) is 2.98. The van der Waals surface area contributed by atoms with Gasteiger partial charge in [-0.2, -0.15) is 0 Å². The number of likely N-dealkylation sites (tertiary alicyclic amines) is 1. The van der Waals surface area contributed by atoms with Crippen LogP contribution >= 0.6 is 0 Å². The predicted molar refractivity (Wildman–Crippen MR) is 84.7 cm³/mol. The van der Waals surface area contributed by atoms with Crippen molar-refractivity contribution in [3.8, 4) is 0 Å². The van der Waals surface area contributed by atoms with Gasteiger partial charge in [0.1, 0.15) is 0 Å². The van der Waals surface area contributed by atoms with E-state index in [9.17, 15) is 4.79 Å². The molecular formula is C16H34N2O2. The molecule has 0 bridgehead atoms. The van der Waals surface area contributed by atoms with Crippen molar-refractivity contribution in [3.05, 3.63) is 0 Å². The second-order valence-electron chi connectivity index (χ2n) is 5.33. The molecule has 1 rings (SSSR count). The number of carbonyl (C=O) groups is 1. The molecule has 1 fully saturated rings. The molecule has 0 aromatic carbocycles. The fraction of sp³-hybridized carbons (Fsp3) is 0.938. The summed E-state index contributed by atoms with van der Waals surface area (Å²) in [4.78, 5) is 13.7. The van der Waals surface area contributed by atoms with E-state index >= 15 is 0 Å². The molecule has 4 nitrogen and oxygen atoms in total. The molecule has 0 aliphatic carbocycles. The van der Waals surface area contributed by atoms with E-state index in [0.717, 1.165) is 38.4 Å². The Balaban J connectivity index is 0.00000172. The first kappa shape index (κ1) is 19.4. The van der Waals surface area contributed by atoms with Crippen molar-refractivity contribution in [1.82, 2.24) is 10.2 Å². The summed E-state index contributed by atoms with van der Waals surface area (Å²) >= 11 is 0. The van der Waals surface area contributed by atoms with E-state index in [1.165, 1.54) is 12.8 Å². The van der Waals surface area contributed by atoms with Gasteiger partial charge in [-0.25, -0.2) is 0 Å². The summed E-state index contributed by atoms with van der Waals surface area (Å²) in [5.74, 6) is 1.24. The van der Waals surface area contributed by atoms with E-state index in [-0.39, 0.29) is 12.5 Å². The monoisotopic (exact) mass is 286 g/mol. The highest BCUT2D eigenvalue weighted by atomic mass is 16.3. The summed E-state index contributed by atoms with van der Waals surface area (Å²) in [6.45, 7) is 11.5. The maximum Gasteiger partial charge on any atom is 0.236 e. The van der Waals surface area contributed by atoms with Gasteiger partial charge in [0.15, 0.2) is 0 Å². The third-order valence-corrected chi connectivity index (χ3v) is 4.06. The first-order valence-corrected chi connectivity index (χ1v) is 8.30. The molecule has 4 heteroatoms. The summed E-state index contributed by atoms with van der Waals surface area (Å²) < 4.78 is 0. The molecular weight excluding hydrogens is 252 g/mol. The normalized spacial score (nSPS) is 18.1. The molecule has 1 aliphatic heterocycles. The van der Waals surface area contributed by atoms with Crippen LogP contribution in [0.2, 0.25) is 0 Å². The zero-order valence-corrected chi connectivity index (χ0v) is 13.8. The minimum atomic E-state index is 0.176. The van der Waals surface area contributed by atoms with E-state index < -0.39 is 0 Å². The number of hydrogen-bond acceptors (Lipinski definition) is 3. The Hall–Kier alpha value is -0.610. The van der Waals surface area contributed by atoms with E-state index in [4.69, 9.17) is 5.11 Å². The van der Waals surface area contributed by atoms with Crippen LogP contribution in [0.1, 0.15) is 53.4 Å². The van der Waals surface area contributed by atoms with E-state index in [1.807, 2.05) is 18.7 Å². The minimum absolute atomic E-state index is 0.176. The van der Waals surface area contributed by atoms with Gasteiger partial charge in [-0.1, -0.05) is 40.5 Å². The summed E-state index contributed by atoms with van der Waals surface area (Å²) in [5, 5.41) is 12.3. The molecule has 1 heterocycles. The first-order chi connectivity index (χ1) is 9.71. The summed E-state index contributed by atoms with van der Waals surface area (Å²) in [7, 11) is 0.